The van der Waals surface area contributed by atoms with Gasteiger partial charge in [0.2, 0.25) is 5.13 Å². The molecule has 2 aromatic carbocycles. The van der Waals surface area contributed by atoms with Gasteiger partial charge in [-0.25, -0.2) is 8.78 Å². The molecule has 29 heavy (non-hydrogen) atoms. The van der Waals surface area contributed by atoms with Crippen molar-refractivity contribution in [1.29, 1.82) is 0 Å². The first-order valence-corrected chi connectivity index (χ1v) is 9.31. The summed E-state index contributed by atoms with van der Waals surface area (Å²) < 4.78 is 26.7. The standard InChI is InChI=1S/C20H13F2N3O3S/c1-10-23-24-20(29-10)25-16(11-2-6-13(21)7-3-11)15(18(27)19(25)28)17(26)12-4-8-14(22)9-5-12/h2-9,16,26H,1H3. The number of amides is 1. The van der Waals surface area contributed by atoms with E-state index in [-0.39, 0.29) is 16.3 Å². The Bertz CT molecular complexity index is 1140. The van der Waals surface area contributed by atoms with Gasteiger partial charge in [-0.2, -0.15) is 0 Å². The van der Waals surface area contributed by atoms with E-state index in [1.54, 1.807) is 6.92 Å². The van der Waals surface area contributed by atoms with Gasteiger partial charge in [-0.05, 0) is 48.9 Å². The minimum absolute atomic E-state index is 0.171. The highest BCUT2D eigenvalue weighted by atomic mass is 32.1. The molecule has 0 aliphatic carbocycles. The number of hydrogen-bond donors (Lipinski definition) is 1. The zero-order valence-electron chi connectivity index (χ0n) is 15.0. The van der Waals surface area contributed by atoms with Gasteiger partial charge in [0.1, 0.15) is 22.4 Å². The number of halogens is 2. The molecule has 0 radical (unpaired) electrons. The zero-order chi connectivity index (χ0) is 20.7. The first-order valence-electron chi connectivity index (χ1n) is 8.49. The molecule has 1 saturated heterocycles. The summed E-state index contributed by atoms with van der Waals surface area (Å²) in [7, 11) is 0. The van der Waals surface area contributed by atoms with Crippen LogP contribution in [0.4, 0.5) is 13.9 Å². The normalized spacial score (nSPS) is 18.4. The molecule has 3 aromatic rings. The van der Waals surface area contributed by atoms with E-state index in [1.807, 2.05) is 0 Å². The highest BCUT2D eigenvalue weighted by molar-refractivity contribution is 7.15. The highest BCUT2D eigenvalue weighted by Crippen LogP contribution is 2.42. The number of carbonyl (C=O) groups is 2. The van der Waals surface area contributed by atoms with Crippen LogP contribution in [0.25, 0.3) is 5.76 Å². The van der Waals surface area contributed by atoms with Crippen molar-refractivity contribution in [2.45, 2.75) is 13.0 Å². The molecule has 0 bridgehead atoms. The number of ketones is 1. The van der Waals surface area contributed by atoms with Crippen molar-refractivity contribution in [2.24, 2.45) is 0 Å². The quantitative estimate of drug-likeness (QED) is 0.402. The Kier molecular flexibility index (Phi) is 4.67. The van der Waals surface area contributed by atoms with Crippen LogP contribution in [0, 0.1) is 18.6 Å². The second-order valence-corrected chi connectivity index (χ2v) is 7.49. The summed E-state index contributed by atoms with van der Waals surface area (Å²) in [6, 6.07) is 9.06. The number of carbonyl (C=O) groups excluding carboxylic acids is 2. The lowest BCUT2D eigenvalue weighted by Gasteiger charge is -2.22. The SMILES string of the molecule is Cc1nnc(N2C(=O)C(=O)C(=C(O)c3ccc(F)cc3)C2c2ccc(F)cc2)s1. The Labute approximate surface area is 167 Å². The van der Waals surface area contributed by atoms with Gasteiger partial charge in [-0.15, -0.1) is 10.2 Å². The lowest BCUT2D eigenvalue weighted by Crippen LogP contribution is -2.29. The fourth-order valence-corrected chi connectivity index (χ4v) is 3.85. The number of aliphatic hydroxyl groups is 1. The number of aliphatic hydroxyl groups excluding tert-OH is 1. The summed E-state index contributed by atoms with van der Waals surface area (Å²) in [4.78, 5) is 26.8. The summed E-state index contributed by atoms with van der Waals surface area (Å²) >= 11 is 1.11. The van der Waals surface area contributed by atoms with Gasteiger partial charge in [0, 0.05) is 5.56 Å². The molecule has 1 aromatic heterocycles. The second-order valence-electron chi connectivity index (χ2n) is 6.33. The smallest absolute Gasteiger partial charge is 0.301 e. The number of aromatic nitrogens is 2. The van der Waals surface area contributed by atoms with Crippen LogP contribution in [0.3, 0.4) is 0 Å². The van der Waals surface area contributed by atoms with Gasteiger partial charge in [-0.1, -0.05) is 23.5 Å². The van der Waals surface area contributed by atoms with E-state index >= 15 is 0 Å². The Balaban J connectivity index is 1.93. The molecule has 0 saturated carbocycles. The van der Waals surface area contributed by atoms with Gasteiger partial charge in [0.05, 0.1) is 11.6 Å². The summed E-state index contributed by atoms with van der Waals surface area (Å²) in [6.45, 7) is 1.70. The van der Waals surface area contributed by atoms with Crippen LogP contribution in [-0.2, 0) is 9.59 Å². The minimum atomic E-state index is -1.03. The number of hydrogen-bond acceptors (Lipinski definition) is 6. The van der Waals surface area contributed by atoms with Crippen molar-refractivity contribution in [3.63, 3.8) is 0 Å². The molecule has 1 unspecified atom stereocenters. The first-order chi connectivity index (χ1) is 13.9. The lowest BCUT2D eigenvalue weighted by atomic mass is 9.95. The van der Waals surface area contributed by atoms with E-state index in [2.05, 4.69) is 10.2 Å². The van der Waals surface area contributed by atoms with Gasteiger partial charge in [-0.3, -0.25) is 14.5 Å². The van der Waals surface area contributed by atoms with Gasteiger partial charge in [0.15, 0.2) is 0 Å². The van der Waals surface area contributed by atoms with Crippen LogP contribution < -0.4 is 4.90 Å². The monoisotopic (exact) mass is 413 g/mol. The van der Waals surface area contributed by atoms with E-state index in [0.29, 0.717) is 10.6 Å². The average Bonchev–Trinajstić information content (AvgIpc) is 3.24. The van der Waals surface area contributed by atoms with Crippen LogP contribution in [0.2, 0.25) is 0 Å². The molecule has 6 nitrogen and oxygen atoms in total. The van der Waals surface area contributed by atoms with Gasteiger partial charge in [0.25, 0.3) is 5.78 Å². The van der Waals surface area contributed by atoms with Gasteiger partial charge < -0.3 is 5.11 Å². The molecule has 2 heterocycles. The third-order valence-corrected chi connectivity index (χ3v) is 5.31. The predicted octanol–water partition coefficient (Wildman–Crippen LogP) is 3.75. The molecule has 1 N–H and O–H groups in total. The van der Waals surface area contributed by atoms with E-state index in [4.69, 9.17) is 0 Å². The fourth-order valence-electron chi connectivity index (χ4n) is 3.14. The molecular formula is C20H13F2N3O3S. The number of benzene rings is 2. The summed E-state index contributed by atoms with van der Waals surface area (Å²) in [5, 5.41) is 19.4. The highest BCUT2D eigenvalue weighted by Gasteiger charge is 2.48. The van der Waals surface area contributed by atoms with E-state index in [9.17, 15) is 23.5 Å². The summed E-state index contributed by atoms with van der Waals surface area (Å²) in [5.74, 6) is -3.27. The largest absolute Gasteiger partial charge is 0.507 e. The molecule has 146 valence electrons. The number of rotatable bonds is 3. The van der Waals surface area contributed by atoms with Crippen LogP contribution >= 0.6 is 11.3 Å². The maximum atomic E-state index is 13.4. The van der Waals surface area contributed by atoms with Crippen LogP contribution in [0.15, 0.2) is 54.1 Å². The number of nitrogens with zero attached hydrogens (tertiary/aromatic N) is 3. The van der Waals surface area contributed by atoms with Crippen molar-refractivity contribution in [1.82, 2.24) is 10.2 Å². The van der Waals surface area contributed by atoms with E-state index in [1.165, 1.54) is 36.4 Å². The Hall–Kier alpha value is -3.46. The van der Waals surface area contributed by atoms with Crippen LogP contribution in [0.1, 0.15) is 22.2 Å². The first kappa shape index (κ1) is 18.9. The number of anilines is 1. The van der Waals surface area contributed by atoms with Crippen LogP contribution in [-0.4, -0.2) is 27.0 Å². The van der Waals surface area contributed by atoms with Crippen molar-refractivity contribution in [3.05, 3.63) is 81.9 Å². The Morgan fingerprint density at radius 3 is 2.14 bits per heavy atom. The summed E-state index contributed by atoms with van der Waals surface area (Å²) in [6.07, 6.45) is 0. The number of Topliss-reactive ketones (excluding diaryl/α,β-unsaturated/α-hetero) is 1. The Morgan fingerprint density at radius 1 is 1.00 bits per heavy atom. The third-order valence-electron chi connectivity index (χ3n) is 4.47. The van der Waals surface area contributed by atoms with Crippen molar-refractivity contribution in [2.75, 3.05) is 4.90 Å². The molecule has 9 heteroatoms. The maximum absolute atomic E-state index is 13.4. The van der Waals surface area contributed by atoms with Crippen molar-refractivity contribution < 1.29 is 23.5 Å². The van der Waals surface area contributed by atoms with Crippen molar-refractivity contribution in [3.8, 4) is 0 Å². The molecule has 4 rings (SSSR count). The molecule has 1 aliphatic heterocycles. The van der Waals surface area contributed by atoms with Crippen molar-refractivity contribution >= 4 is 33.9 Å². The fraction of sp³-hybridized carbons (Fsp3) is 0.100. The average molecular weight is 413 g/mol. The maximum Gasteiger partial charge on any atom is 0.301 e. The predicted molar refractivity (Wildman–Crippen MR) is 102 cm³/mol. The topological polar surface area (TPSA) is 83.4 Å². The molecule has 0 spiro atoms. The third kappa shape index (κ3) is 3.29. The zero-order valence-corrected chi connectivity index (χ0v) is 15.8. The number of aryl methyl sites for hydroxylation is 1. The molecule has 1 atom stereocenters. The lowest BCUT2D eigenvalue weighted by molar-refractivity contribution is -0.132. The second kappa shape index (κ2) is 7.17. The molecular weight excluding hydrogens is 400 g/mol. The molecule has 1 fully saturated rings. The summed E-state index contributed by atoms with van der Waals surface area (Å²) in [5.41, 5.74) is 0.383. The van der Waals surface area contributed by atoms with E-state index in [0.717, 1.165) is 28.4 Å². The molecule has 1 amide bonds. The van der Waals surface area contributed by atoms with Gasteiger partial charge >= 0.3 is 5.91 Å². The Morgan fingerprint density at radius 2 is 1.59 bits per heavy atom. The molecule has 1 aliphatic rings. The van der Waals surface area contributed by atoms with E-state index < -0.39 is 35.1 Å². The minimum Gasteiger partial charge on any atom is -0.507 e. The van der Waals surface area contributed by atoms with Crippen LogP contribution in [0.5, 0.6) is 0 Å².